The molecule has 0 unspecified atom stereocenters. The van der Waals surface area contributed by atoms with E-state index in [-0.39, 0.29) is 0 Å². The Labute approximate surface area is 54.9 Å². The lowest BCUT2D eigenvalue weighted by atomic mass is 9.99. The predicted molar refractivity (Wildman–Crippen MR) is 34.0 cm³/mol. The Morgan fingerprint density at radius 1 is 1.56 bits per heavy atom. The average Bonchev–Trinajstić information content (AvgIpc) is 1.86. The lowest BCUT2D eigenvalue weighted by Crippen LogP contribution is -2.42. The smallest absolute Gasteiger partial charge is 0.111 e. The zero-order valence-electron chi connectivity index (χ0n) is 5.83. The maximum absolute atomic E-state index is 9.09. The summed E-state index contributed by atoms with van der Waals surface area (Å²) in [6, 6.07) is 0. The molecule has 0 amide bonds. The van der Waals surface area contributed by atoms with Gasteiger partial charge in [-0.15, -0.1) is 0 Å². The summed E-state index contributed by atoms with van der Waals surface area (Å²) in [5, 5.41) is 26.6. The second kappa shape index (κ2) is 3.15. The van der Waals surface area contributed by atoms with E-state index in [9.17, 15) is 0 Å². The molecule has 0 rings (SSSR count). The van der Waals surface area contributed by atoms with Gasteiger partial charge in [0.2, 0.25) is 0 Å². The summed E-state index contributed by atoms with van der Waals surface area (Å²) >= 11 is 0. The summed E-state index contributed by atoms with van der Waals surface area (Å²) in [6.07, 6.45) is -0.379. The van der Waals surface area contributed by atoms with Gasteiger partial charge in [0.25, 0.3) is 0 Å². The van der Waals surface area contributed by atoms with Gasteiger partial charge in [-0.3, -0.25) is 0 Å². The van der Waals surface area contributed by atoms with E-state index in [1.165, 1.54) is 6.92 Å². The van der Waals surface area contributed by atoms with E-state index in [0.29, 0.717) is 6.42 Å². The SMILES string of the molecule is CC[C@@H](O)[C@](C)(O)CO. The number of hydrogen-bond donors (Lipinski definition) is 3. The molecule has 0 saturated carbocycles. The Morgan fingerprint density at radius 2 is 2.00 bits per heavy atom. The second-order valence-electron chi connectivity index (χ2n) is 2.44. The maximum atomic E-state index is 9.09. The second-order valence-corrected chi connectivity index (χ2v) is 2.44. The van der Waals surface area contributed by atoms with Gasteiger partial charge >= 0.3 is 0 Å². The minimum Gasteiger partial charge on any atom is -0.393 e. The van der Waals surface area contributed by atoms with Crippen molar-refractivity contribution in [3.8, 4) is 0 Å². The van der Waals surface area contributed by atoms with E-state index in [1.807, 2.05) is 0 Å². The van der Waals surface area contributed by atoms with Crippen molar-refractivity contribution < 1.29 is 15.3 Å². The molecule has 9 heavy (non-hydrogen) atoms. The van der Waals surface area contributed by atoms with Gasteiger partial charge in [-0.1, -0.05) is 6.92 Å². The molecule has 3 N–H and O–H groups in total. The molecule has 0 radical (unpaired) electrons. The first-order valence-corrected chi connectivity index (χ1v) is 3.06. The van der Waals surface area contributed by atoms with Crippen LogP contribution >= 0.6 is 0 Å². The van der Waals surface area contributed by atoms with E-state index in [4.69, 9.17) is 15.3 Å². The van der Waals surface area contributed by atoms with Gasteiger partial charge in [-0.25, -0.2) is 0 Å². The van der Waals surface area contributed by atoms with E-state index < -0.39 is 18.3 Å². The van der Waals surface area contributed by atoms with Gasteiger partial charge in [-0.05, 0) is 13.3 Å². The Kier molecular flexibility index (Phi) is 3.11. The van der Waals surface area contributed by atoms with Crippen LogP contribution in [-0.2, 0) is 0 Å². The highest BCUT2D eigenvalue weighted by molar-refractivity contribution is 4.79. The predicted octanol–water partition coefficient (Wildman–Crippen LogP) is -0.499. The van der Waals surface area contributed by atoms with Crippen molar-refractivity contribution >= 4 is 0 Å². The van der Waals surface area contributed by atoms with Crippen LogP contribution in [0.3, 0.4) is 0 Å². The molecular weight excluding hydrogens is 120 g/mol. The largest absolute Gasteiger partial charge is 0.393 e. The molecule has 0 aromatic carbocycles. The van der Waals surface area contributed by atoms with Crippen LogP contribution in [-0.4, -0.2) is 33.6 Å². The third-order valence-corrected chi connectivity index (χ3v) is 1.42. The Hall–Kier alpha value is -0.120. The zero-order valence-corrected chi connectivity index (χ0v) is 5.83. The van der Waals surface area contributed by atoms with Gasteiger partial charge in [0.05, 0.1) is 12.7 Å². The van der Waals surface area contributed by atoms with Gasteiger partial charge < -0.3 is 15.3 Å². The summed E-state index contributed by atoms with van der Waals surface area (Å²) in [5.74, 6) is 0. The van der Waals surface area contributed by atoms with Crippen LogP contribution in [0.15, 0.2) is 0 Å². The topological polar surface area (TPSA) is 60.7 Å². The molecule has 0 aliphatic rings. The minimum atomic E-state index is -1.34. The highest BCUT2D eigenvalue weighted by atomic mass is 16.4. The zero-order chi connectivity index (χ0) is 7.49. The molecule has 0 bridgehead atoms. The highest BCUT2D eigenvalue weighted by Gasteiger charge is 2.27. The lowest BCUT2D eigenvalue weighted by molar-refractivity contribution is -0.0927. The van der Waals surface area contributed by atoms with Crippen molar-refractivity contribution in [2.24, 2.45) is 0 Å². The normalized spacial score (nSPS) is 21.0. The number of rotatable bonds is 3. The first-order chi connectivity index (χ1) is 4.04. The summed E-state index contributed by atoms with van der Waals surface area (Å²) in [6.45, 7) is 2.75. The average molecular weight is 134 g/mol. The molecule has 2 atom stereocenters. The number of aliphatic hydroxyl groups is 3. The van der Waals surface area contributed by atoms with Crippen molar-refractivity contribution in [2.75, 3.05) is 6.61 Å². The van der Waals surface area contributed by atoms with Crippen LogP contribution in [0, 0.1) is 0 Å². The quantitative estimate of drug-likeness (QED) is 0.487. The fourth-order valence-corrected chi connectivity index (χ4v) is 0.545. The summed E-state index contributed by atoms with van der Waals surface area (Å²) < 4.78 is 0. The first kappa shape index (κ1) is 8.88. The van der Waals surface area contributed by atoms with Crippen LogP contribution in [0.4, 0.5) is 0 Å². The van der Waals surface area contributed by atoms with Crippen molar-refractivity contribution in [3.63, 3.8) is 0 Å². The number of aliphatic hydroxyl groups excluding tert-OH is 2. The summed E-state index contributed by atoms with van der Waals surface area (Å²) in [4.78, 5) is 0. The van der Waals surface area contributed by atoms with E-state index >= 15 is 0 Å². The third-order valence-electron chi connectivity index (χ3n) is 1.42. The van der Waals surface area contributed by atoms with Crippen LogP contribution < -0.4 is 0 Å². The number of hydrogen-bond acceptors (Lipinski definition) is 3. The van der Waals surface area contributed by atoms with Crippen molar-refractivity contribution in [3.05, 3.63) is 0 Å². The van der Waals surface area contributed by atoms with Crippen LogP contribution in [0.5, 0.6) is 0 Å². The summed E-state index contributed by atoms with van der Waals surface area (Å²) in [5.41, 5.74) is -1.34. The molecule has 0 aromatic rings. The molecule has 0 aliphatic carbocycles. The van der Waals surface area contributed by atoms with Gasteiger partial charge in [-0.2, -0.15) is 0 Å². The fraction of sp³-hybridized carbons (Fsp3) is 1.00. The Balaban J connectivity index is 3.80. The molecule has 0 fully saturated rings. The van der Waals surface area contributed by atoms with Crippen molar-refractivity contribution in [1.29, 1.82) is 0 Å². The molecule has 3 heteroatoms. The van der Waals surface area contributed by atoms with Gasteiger partial charge in [0, 0.05) is 0 Å². The molecule has 0 heterocycles. The molecular formula is C6H14O3. The summed E-state index contributed by atoms with van der Waals surface area (Å²) in [7, 11) is 0. The molecule has 0 saturated heterocycles. The van der Waals surface area contributed by atoms with Crippen molar-refractivity contribution in [1.82, 2.24) is 0 Å². The van der Waals surface area contributed by atoms with Crippen molar-refractivity contribution in [2.45, 2.75) is 32.0 Å². The van der Waals surface area contributed by atoms with Crippen LogP contribution in [0.1, 0.15) is 20.3 Å². The highest BCUT2D eigenvalue weighted by Crippen LogP contribution is 2.10. The Bertz CT molecular complexity index is 80.4. The van der Waals surface area contributed by atoms with Gasteiger partial charge in [0.1, 0.15) is 5.60 Å². The van der Waals surface area contributed by atoms with Gasteiger partial charge in [0.15, 0.2) is 0 Å². The fourth-order valence-electron chi connectivity index (χ4n) is 0.545. The van der Waals surface area contributed by atoms with Crippen LogP contribution in [0.2, 0.25) is 0 Å². The maximum Gasteiger partial charge on any atom is 0.111 e. The Morgan fingerprint density at radius 3 is 2.11 bits per heavy atom. The molecule has 0 aliphatic heterocycles. The van der Waals surface area contributed by atoms with Crippen LogP contribution in [0.25, 0.3) is 0 Å². The molecule has 0 spiro atoms. The molecule has 0 aromatic heterocycles. The molecule has 3 nitrogen and oxygen atoms in total. The minimum absolute atomic E-state index is 0.401. The van der Waals surface area contributed by atoms with E-state index in [0.717, 1.165) is 0 Å². The first-order valence-electron chi connectivity index (χ1n) is 3.06. The third kappa shape index (κ3) is 2.30. The lowest BCUT2D eigenvalue weighted by Gasteiger charge is -2.25. The molecule has 56 valence electrons. The standard InChI is InChI=1S/C6H14O3/c1-3-5(8)6(2,9)4-7/h5,7-9H,3-4H2,1-2H3/t5-,6-/m1/s1. The van der Waals surface area contributed by atoms with E-state index in [2.05, 4.69) is 0 Å². The monoisotopic (exact) mass is 134 g/mol. The van der Waals surface area contributed by atoms with E-state index in [1.54, 1.807) is 6.92 Å².